The summed E-state index contributed by atoms with van der Waals surface area (Å²) in [6, 6.07) is 13.6. The van der Waals surface area contributed by atoms with Gasteiger partial charge in [0, 0.05) is 24.5 Å². The Morgan fingerprint density at radius 3 is 2.74 bits per heavy atom. The number of imidazole rings is 1. The fourth-order valence-corrected chi connectivity index (χ4v) is 3.32. The lowest BCUT2D eigenvalue weighted by Crippen LogP contribution is -2.23. The predicted molar refractivity (Wildman–Crippen MR) is 119 cm³/mol. The van der Waals surface area contributed by atoms with E-state index in [1.165, 1.54) is 12.1 Å². The normalized spacial score (nSPS) is 10.5. The van der Waals surface area contributed by atoms with Crippen LogP contribution < -0.4 is 10.1 Å². The van der Waals surface area contributed by atoms with Crippen LogP contribution in [0, 0.1) is 12.7 Å². The zero-order valence-electron chi connectivity index (χ0n) is 17.1. The zero-order chi connectivity index (χ0) is 21.1. The number of carbonyl (C=O) groups is 1. The molecule has 0 saturated heterocycles. The number of aryl methyl sites for hydroxylation is 1. The minimum absolute atomic E-state index is 0. The Morgan fingerprint density at radius 2 is 2.03 bits per heavy atom. The Balaban J connectivity index is 0.00000272. The van der Waals surface area contributed by atoms with Crippen LogP contribution in [0.2, 0.25) is 0 Å². The van der Waals surface area contributed by atoms with Crippen molar-refractivity contribution < 1.29 is 13.9 Å². The number of hydrogen-bond acceptors (Lipinski definition) is 4. The van der Waals surface area contributed by atoms with Crippen molar-refractivity contribution in [1.29, 1.82) is 0 Å². The molecule has 1 aromatic carbocycles. The number of pyridine rings is 2. The van der Waals surface area contributed by atoms with Gasteiger partial charge in [0.1, 0.15) is 18.1 Å². The molecule has 0 bridgehead atoms. The van der Waals surface area contributed by atoms with Crippen LogP contribution in [0.3, 0.4) is 0 Å². The Morgan fingerprint density at radius 1 is 1.19 bits per heavy atom. The molecule has 4 rings (SSSR count). The lowest BCUT2D eigenvalue weighted by atomic mass is 10.1. The maximum absolute atomic E-state index is 13.4. The first-order valence-corrected chi connectivity index (χ1v) is 9.66. The Hall–Kier alpha value is -3.45. The van der Waals surface area contributed by atoms with Crippen LogP contribution in [0.15, 0.2) is 60.9 Å². The van der Waals surface area contributed by atoms with Crippen LogP contribution in [-0.2, 0) is 6.61 Å². The molecule has 8 heteroatoms. The van der Waals surface area contributed by atoms with Crippen molar-refractivity contribution in [2.75, 3.05) is 6.54 Å². The summed E-state index contributed by atoms with van der Waals surface area (Å²) in [6.07, 6.45) is 3.57. The van der Waals surface area contributed by atoms with Gasteiger partial charge in [-0.2, -0.15) is 0 Å². The molecule has 6 nitrogen and oxygen atoms in total. The van der Waals surface area contributed by atoms with E-state index in [2.05, 4.69) is 15.3 Å². The van der Waals surface area contributed by atoms with Crippen molar-refractivity contribution in [2.24, 2.45) is 0 Å². The first-order valence-electron chi connectivity index (χ1n) is 9.66. The number of ether oxygens (including phenoxy) is 1. The molecule has 3 aromatic heterocycles. The monoisotopic (exact) mass is 440 g/mol. The molecule has 0 unspecified atom stereocenters. The van der Waals surface area contributed by atoms with Crippen molar-refractivity contribution in [2.45, 2.75) is 20.5 Å². The first-order chi connectivity index (χ1) is 14.6. The number of nitrogens with zero attached hydrogens (tertiary/aromatic N) is 3. The van der Waals surface area contributed by atoms with E-state index in [1.807, 2.05) is 48.7 Å². The molecule has 0 aliphatic carbocycles. The molecule has 31 heavy (non-hydrogen) atoms. The second-order valence-electron chi connectivity index (χ2n) is 6.82. The molecule has 0 radical (unpaired) electrons. The number of amides is 1. The fraction of sp³-hybridized carbons (Fsp3) is 0.174. The van der Waals surface area contributed by atoms with Crippen molar-refractivity contribution in [3.63, 3.8) is 0 Å². The van der Waals surface area contributed by atoms with Gasteiger partial charge in [-0.15, -0.1) is 12.4 Å². The van der Waals surface area contributed by atoms with Gasteiger partial charge in [-0.1, -0.05) is 12.1 Å². The van der Waals surface area contributed by atoms with Gasteiger partial charge in [0.25, 0.3) is 5.91 Å². The van der Waals surface area contributed by atoms with Crippen LogP contribution in [0.5, 0.6) is 5.75 Å². The number of nitrogens with one attached hydrogen (secondary N) is 1. The number of benzene rings is 1. The van der Waals surface area contributed by atoms with Gasteiger partial charge >= 0.3 is 0 Å². The molecule has 3 heterocycles. The number of hydrogen-bond donors (Lipinski definition) is 1. The fourth-order valence-electron chi connectivity index (χ4n) is 3.32. The van der Waals surface area contributed by atoms with Crippen molar-refractivity contribution in [3.8, 4) is 17.0 Å². The predicted octanol–water partition coefficient (Wildman–Crippen LogP) is 4.59. The standard InChI is InChI=1S/C23H21FN4O2.ClH/c1-3-25-23(29)19-10-9-17(13-26-19)21-15(2)27-22-20(8-5-11-28(21)22)30-14-16-6-4-7-18(24)12-16;/h4-13H,3,14H2,1-2H3,(H,25,29);1H. The largest absolute Gasteiger partial charge is 0.485 e. The highest BCUT2D eigenvalue weighted by Crippen LogP contribution is 2.29. The number of fused-ring (bicyclic) bond motifs is 1. The number of carbonyl (C=O) groups excluding carboxylic acids is 1. The third kappa shape index (κ3) is 4.67. The molecule has 0 saturated carbocycles. The van der Waals surface area contributed by atoms with E-state index in [1.54, 1.807) is 18.3 Å². The highest BCUT2D eigenvalue weighted by Gasteiger charge is 2.15. The lowest BCUT2D eigenvalue weighted by molar-refractivity contribution is 0.0951. The summed E-state index contributed by atoms with van der Waals surface area (Å²) >= 11 is 0. The van der Waals surface area contributed by atoms with E-state index in [0.717, 1.165) is 22.5 Å². The number of rotatable bonds is 6. The molecule has 4 aromatic rings. The summed E-state index contributed by atoms with van der Waals surface area (Å²) in [5.74, 6) is 0.103. The third-order valence-electron chi connectivity index (χ3n) is 4.68. The smallest absolute Gasteiger partial charge is 0.269 e. The molecule has 1 amide bonds. The topological polar surface area (TPSA) is 68.5 Å². The van der Waals surface area contributed by atoms with Gasteiger partial charge in [-0.05, 0) is 55.8 Å². The quantitative estimate of drug-likeness (QED) is 0.476. The minimum Gasteiger partial charge on any atom is -0.485 e. The van der Waals surface area contributed by atoms with E-state index < -0.39 is 0 Å². The maximum Gasteiger partial charge on any atom is 0.269 e. The summed E-state index contributed by atoms with van der Waals surface area (Å²) in [4.78, 5) is 20.9. The van der Waals surface area contributed by atoms with Crippen molar-refractivity contribution in [3.05, 3.63) is 83.7 Å². The Labute approximate surface area is 185 Å². The zero-order valence-corrected chi connectivity index (χ0v) is 17.9. The SMILES string of the molecule is CCNC(=O)c1ccc(-c2c(C)nc3c(OCc4cccc(F)c4)cccn23)cn1.Cl. The lowest BCUT2D eigenvalue weighted by Gasteiger charge is -2.09. The Kier molecular flexibility index (Phi) is 6.87. The summed E-state index contributed by atoms with van der Waals surface area (Å²) in [6.45, 7) is 4.56. The van der Waals surface area contributed by atoms with Crippen molar-refractivity contribution >= 4 is 24.0 Å². The van der Waals surface area contributed by atoms with E-state index in [0.29, 0.717) is 23.6 Å². The summed E-state index contributed by atoms with van der Waals surface area (Å²) in [5, 5.41) is 2.74. The van der Waals surface area contributed by atoms with E-state index in [-0.39, 0.29) is 30.7 Å². The summed E-state index contributed by atoms with van der Waals surface area (Å²) < 4.78 is 21.3. The second kappa shape index (κ2) is 9.57. The Bertz CT molecular complexity index is 1210. The third-order valence-corrected chi connectivity index (χ3v) is 4.68. The molecular formula is C23H22ClFN4O2. The molecule has 0 aliphatic heterocycles. The van der Waals surface area contributed by atoms with E-state index in [9.17, 15) is 9.18 Å². The minimum atomic E-state index is -0.295. The van der Waals surface area contributed by atoms with Gasteiger partial charge in [0.05, 0.1) is 11.4 Å². The number of halogens is 2. The average molecular weight is 441 g/mol. The second-order valence-corrected chi connectivity index (χ2v) is 6.82. The molecule has 0 atom stereocenters. The summed E-state index contributed by atoms with van der Waals surface area (Å²) in [7, 11) is 0. The molecule has 0 aliphatic rings. The van der Waals surface area contributed by atoms with Gasteiger partial charge in [-0.25, -0.2) is 9.37 Å². The highest BCUT2D eigenvalue weighted by atomic mass is 35.5. The van der Waals surface area contributed by atoms with Crippen LogP contribution in [-0.4, -0.2) is 26.8 Å². The van der Waals surface area contributed by atoms with Gasteiger partial charge in [-0.3, -0.25) is 14.2 Å². The molecular weight excluding hydrogens is 419 g/mol. The molecule has 160 valence electrons. The highest BCUT2D eigenvalue weighted by molar-refractivity contribution is 5.92. The first kappa shape index (κ1) is 22.2. The van der Waals surface area contributed by atoms with E-state index >= 15 is 0 Å². The maximum atomic E-state index is 13.4. The summed E-state index contributed by atoms with van der Waals surface area (Å²) in [5.41, 5.74) is 4.29. The van der Waals surface area contributed by atoms with Crippen LogP contribution >= 0.6 is 12.4 Å². The molecule has 0 spiro atoms. The van der Waals surface area contributed by atoms with Crippen molar-refractivity contribution in [1.82, 2.24) is 19.7 Å². The van der Waals surface area contributed by atoms with Crippen LogP contribution in [0.4, 0.5) is 4.39 Å². The van der Waals surface area contributed by atoms with Gasteiger partial charge < -0.3 is 10.1 Å². The van der Waals surface area contributed by atoms with Crippen LogP contribution in [0.25, 0.3) is 16.9 Å². The van der Waals surface area contributed by atoms with Crippen LogP contribution in [0.1, 0.15) is 28.7 Å². The molecule has 0 fully saturated rings. The van der Waals surface area contributed by atoms with Gasteiger partial charge in [0.15, 0.2) is 11.4 Å². The average Bonchev–Trinajstić information content (AvgIpc) is 3.09. The van der Waals surface area contributed by atoms with E-state index in [4.69, 9.17) is 4.74 Å². The molecule has 1 N–H and O–H groups in total. The number of aromatic nitrogens is 3. The van der Waals surface area contributed by atoms with Gasteiger partial charge in [0.2, 0.25) is 0 Å².